The summed E-state index contributed by atoms with van der Waals surface area (Å²) in [7, 11) is 0. The average molecular weight is 228 g/mol. The summed E-state index contributed by atoms with van der Waals surface area (Å²) < 4.78 is 1.89. The van der Waals surface area contributed by atoms with Crippen molar-refractivity contribution in [3.05, 3.63) is 42.7 Å². The van der Waals surface area contributed by atoms with Crippen molar-refractivity contribution in [1.82, 2.24) is 9.78 Å². The van der Waals surface area contributed by atoms with E-state index in [2.05, 4.69) is 17.2 Å². The van der Waals surface area contributed by atoms with Gasteiger partial charge in [0, 0.05) is 24.7 Å². The molecule has 88 valence electrons. The molecule has 3 nitrogen and oxygen atoms in total. The number of nitrogens with zero attached hydrogens (tertiary/aromatic N) is 2. The minimum atomic E-state index is 0.237. The zero-order valence-corrected chi connectivity index (χ0v) is 9.97. The summed E-state index contributed by atoms with van der Waals surface area (Å²) in [5.74, 6) is 0.237. The van der Waals surface area contributed by atoms with E-state index in [1.807, 2.05) is 35.3 Å². The van der Waals surface area contributed by atoms with Gasteiger partial charge in [0.1, 0.15) is 5.78 Å². The topological polar surface area (TPSA) is 34.9 Å². The van der Waals surface area contributed by atoms with Crippen LogP contribution in [0.5, 0.6) is 0 Å². The molecule has 1 heterocycles. The first kappa shape index (κ1) is 11.6. The lowest BCUT2D eigenvalue weighted by molar-refractivity contribution is -0.117. The number of hydrogen-bond donors (Lipinski definition) is 0. The first-order chi connectivity index (χ1) is 8.25. The highest BCUT2D eigenvalue weighted by atomic mass is 16.1. The summed E-state index contributed by atoms with van der Waals surface area (Å²) in [6.45, 7) is 2.42. The summed E-state index contributed by atoms with van der Waals surface area (Å²) >= 11 is 0. The number of carbonyl (C=O) groups is 1. The molecule has 0 aliphatic carbocycles. The molecule has 0 saturated carbocycles. The van der Waals surface area contributed by atoms with Crippen LogP contribution >= 0.6 is 0 Å². The van der Waals surface area contributed by atoms with E-state index < -0.39 is 0 Å². The fourth-order valence-corrected chi connectivity index (χ4v) is 1.76. The molecule has 0 unspecified atom stereocenters. The second kappa shape index (κ2) is 5.43. The van der Waals surface area contributed by atoms with E-state index in [9.17, 15) is 4.79 Å². The lowest BCUT2D eigenvalue weighted by Crippen LogP contribution is -2.00. The van der Waals surface area contributed by atoms with Crippen molar-refractivity contribution in [2.75, 3.05) is 0 Å². The molecule has 0 aliphatic heterocycles. The number of Topliss-reactive ketones (excluding diaryl/α,β-unsaturated/α-hetero) is 1. The van der Waals surface area contributed by atoms with Crippen molar-refractivity contribution in [2.45, 2.75) is 26.3 Å². The van der Waals surface area contributed by atoms with Gasteiger partial charge < -0.3 is 4.79 Å². The highest BCUT2D eigenvalue weighted by molar-refractivity contribution is 5.75. The minimum Gasteiger partial charge on any atom is -0.300 e. The van der Waals surface area contributed by atoms with E-state index in [0.29, 0.717) is 6.42 Å². The van der Waals surface area contributed by atoms with Crippen LogP contribution < -0.4 is 0 Å². The lowest BCUT2D eigenvalue weighted by Gasteiger charge is -1.99. The molecule has 17 heavy (non-hydrogen) atoms. The van der Waals surface area contributed by atoms with Gasteiger partial charge in [0.05, 0.1) is 6.20 Å². The maximum absolute atomic E-state index is 10.8. The van der Waals surface area contributed by atoms with Crippen LogP contribution in [0.4, 0.5) is 0 Å². The Morgan fingerprint density at radius 2 is 2.00 bits per heavy atom. The van der Waals surface area contributed by atoms with Gasteiger partial charge in [-0.2, -0.15) is 5.10 Å². The van der Waals surface area contributed by atoms with Gasteiger partial charge in [-0.1, -0.05) is 30.3 Å². The fraction of sp³-hybridized carbons (Fsp3) is 0.286. The van der Waals surface area contributed by atoms with Crippen molar-refractivity contribution in [3.8, 4) is 11.1 Å². The number of benzene rings is 1. The molecule has 2 aromatic rings. The standard InChI is InChI=1S/C14H16N2O/c1-12(17)6-5-9-16-11-14(10-15-16)13-7-3-2-4-8-13/h2-4,7-8,10-11H,5-6,9H2,1H3. The maximum Gasteiger partial charge on any atom is 0.129 e. The van der Waals surface area contributed by atoms with Crippen molar-refractivity contribution in [3.63, 3.8) is 0 Å². The van der Waals surface area contributed by atoms with Crippen LogP contribution in [-0.4, -0.2) is 15.6 Å². The van der Waals surface area contributed by atoms with Crippen molar-refractivity contribution >= 4 is 5.78 Å². The zero-order valence-electron chi connectivity index (χ0n) is 9.97. The summed E-state index contributed by atoms with van der Waals surface area (Å²) in [5, 5.41) is 4.29. The Bertz CT molecular complexity index is 488. The number of aryl methyl sites for hydroxylation is 1. The van der Waals surface area contributed by atoms with Gasteiger partial charge in [-0.15, -0.1) is 0 Å². The van der Waals surface area contributed by atoms with Gasteiger partial charge in [-0.3, -0.25) is 4.68 Å². The number of aromatic nitrogens is 2. The summed E-state index contributed by atoms with van der Waals surface area (Å²) in [5.41, 5.74) is 2.29. The monoisotopic (exact) mass is 228 g/mol. The molecule has 0 amide bonds. The second-order valence-electron chi connectivity index (χ2n) is 4.16. The molecule has 1 aromatic heterocycles. The van der Waals surface area contributed by atoms with Crippen LogP contribution in [-0.2, 0) is 11.3 Å². The Balaban J connectivity index is 1.99. The minimum absolute atomic E-state index is 0.237. The Hall–Kier alpha value is -1.90. The highest BCUT2D eigenvalue weighted by Gasteiger charge is 2.01. The Morgan fingerprint density at radius 3 is 2.71 bits per heavy atom. The molecule has 0 aliphatic rings. The predicted molar refractivity (Wildman–Crippen MR) is 67.6 cm³/mol. The Kier molecular flexibility index (Phi) is 3.70. The molecule has 0 radical (unpaired) electrons. The van der Waals surface area contributed by atoms with Gasteiger partial charge in [0.2, 0.25) is 0 Å². The van der Waals surface area contributed by atoms with Crippen molar-refractivity contribution in [1.29, 1.82) is 0 Å². The molecule has 2 rings (SSSR count). The smallest absolute Gasteiger partial charge is 0.129 e. The van der Waals surface area contributed by atoms with Crippen LogP contribution in [0.15, 0.2) is 42.7 Å². The number of carbonyl (C=O) groups excluding carboxylic acids is 1. The SMILES string of the molecule is CC(=O)CCCn1cc(-c2ccccc2)cn1. The Morgan fingerprint density at radius 1 is 1.24 bits per heavy atom. The average Bonchev–Trinajstić information content (AvgIpc) is 2.78. The summed E-state index contributed by atoms with van der Waals surface area (Å²) in [4.78, 5) is 10.8. The van der Waals surface area contributed by atoms with Crippen LogP contribution in [0.25, 0.3) is 11.1 Å². The van der Waals surface area contributed by atoms with Crippen LogP contribution in [0.1, 0.15) is 19.8 Å². The predicted octanol–water partition coefficient (Wildman–Crippen LogP) is 2.92. The van der Waals surface area contributed by atoms with E-state index in [1.165, 1.54) is 5.56 Å². The van der Waals surface area contributed by atoms with Gasteiger partial charge in [-0.25, -0.2) is 0 Å². The van der Waals surface area contributed by atoms with E-state index in [0.717, 1.165) is 18.5 Å². The molecule has 0 bridgehead atoms. The molecule has 0 N–H and O–H groups in total. The second-order valence-corrected chi connectivity index (χ2v) is 4.16. The molecule has 0 spiro atoms. The largest absolute Gasteiger partial charge is 0.300 e. The molecular weight excluding hydrogens is 212 g/mol. The number of ketones is 1. The van der Waals surface area contributed by atoms with Crippen molar-refractivity contribution < 1.29 is 4.79 Å². The van der Waals surface area contributed by atoms with Crippen molar-refractivity contribution in [2.24, 2.45) is 0 Å². The fourth-order valence-electron chi connectivity index (χ4n) is 1.76. The summed E-state index contributed by atoms with van der Waals surface area (Å²) in [6.07, 6.45) is 5.37. The maximum atomic E-state index is 10.8. The summed E-state index contributed by atoms with van der Waals surface area (Å²) in [6, 6.07) is 10.2. The first-order valence-electron chi connectivity index (χ1n) is 5.83. The third-order valence-electron chi connectivity index (χ3n) is 2.66. The van der Waals surface area contributed by atoms with Gasteiger partial charge >= 0.3 is 0 Å². The van der Waals surface area contributed by atoms with E-state index >= 15 is 0 Å². The quantitative estimate of drug-likeness (QED) is 0.788. The van der Waals surface area contributed by atoms with Crippen LogP contribution in [0.3, 0.4) is 0 Å². The molecule has 0 fully saturated rings. The van der Waals surface area contributed by atoms with E-state index in [-0.39, 0.29) is 5.78 Å². The Labute approximate surface area is 101 Å². The zero-order chi connectivity index (χ0) is 12.1. The van der Waals surface area contributed by atoms with Gasteiger partial charge in [0.15, 0.2) is 0 Å². The molecule has 1 aromatic carbocycles. The van der Waals surface area contributed by atoms with E-state index in [4.69, 9.17) is 0 Å². The molecular formula is C14H16N2O. The van der Waals surface area contributed by atoms with Crippen LogP contribution in [0, 0.1) is 0 Å². The van der Waals surface area contributed by atoms with E-state index in [1.54, 1.807) is 6.92 Å². The lowest BCUT2D eigenvalue weighted by atomic mass is 10.1. The molecule has 0 saturated heterocycles. The number of hydrogen-bond acceptors (Lipinski definition) is 2. The first-order valence-corrected chi connectivity index (χ1v) is 5.83. The van der Waals surface area contributed by atoms with Gasteiger partial charge in [0.25, 0.3) is 0 Å². The number of rotatable bonds is 5. The van der Waals surface area contributed by atoms with Gasteiger partial charge in [-0.05, 0) is 18.9 Å². The van der Waals surface area contributed by atoms with Crippen LogP contribution in [0.2, 0.25) is 0 Å². The molecule has 0 atom stereocenters. The normalized spacial score (nSPS) is 10.4. The highest BCUT2D eigenvalue weighted by Crippen LogP contribution is 2.17. The molecule has 3 heteroatoms. The third kappa shape index (κ3) is 3.28. The third-order valence-corrected chi connectivity index (χ3v) is 2.66.